The molecule has 2 aromatic rings. The number of thioether (sulfide) groups is 1. The van der Waals surface area contributed by atoms with Gasteiger partial charge in [-0.3, -0.25) is 14.4 Å². The number of carbonyl (C=O) groups excluding carboxylic acids is 3. The van der Waals surface area contributed by atoms with Crippen LogP contribution in [0.2, 0.25) is 0 Å². The standard InChI is InChI=1S/C22H22BrN3O3S/c23-16-5-3-4-14(12-16)13-24-20(27)15-8-10-26(11-9-15)22(29)19-21(28)25-17-6-1-2-7-18(17)30-19/h1-7,12,15,19H,8-11,13H2,(H,24,27)(H,25,28). The third-order valence-electron chi connectivity index (χ3n) is 5.39. The van der Waals surface area contributed by atoms with E-state index in [1.165, 1.54) is 11.8 Å². The van der Waals surface area contributed by atoms with E-state index in [1.54, 1.807) is 4.90 Å². The number of anilines is 1. The third kappa shape index (κ3) is 4.70. The van der Waals surface area contributed by atoms with E-state index in [2.05, 4.69) is 26.6 Å². The van der Waals surface area contributed by atoms with Crippen LogP contribution < -0.4 is 10.6 Å². The van der Waals surface area contributed by atoms with Gasteiger partial charge in [0, 0.05) is 34.9 Å². The normalized spacial score (nSPS) is 19.0. The van der Waals surface area contributed by atoms with Gasteiger partial charge in [-0.25, -0.2) is 0 Å². The van der Waals surface area contributed by atoms with Crippen molar-refractivity contribution in [3.8, 4) is 0 Å². The quantitative estimate of drug-likeness (QED) is 0.647. The fourth-order valence-corrected chi connectivity index (χ4v) is 5.24. The van der Waals surface area contributed by atoms with E-state index in [-0.39, 0.29) is 23.6 Å². The molecule has 1 fully saturated rings. The summed E-state index contributed by atoms with van der Waals surface area (Å²) in [7, 11) is 0. The Morgan fingerprint density at radius 3 is 2.67 bits per heavy atom. The van der Waals surface area contributed by atoms with Crippen LogP contribution in [0, 0.1) is 5.92 Å². The first-order chi connectivity index (χ1) is 14.5. The van der Waals surface area contributed by atoms with Crippen molar-refractivity contribution in [3.63, 3.8) is 0 Å². The molecule has 2 heterocycles. The van der Waals surface area contributed by atoms with Gasteiger partial charge in [0.1, 0.15) is 0 Å². The number of nitrogens with zero attached hydrogens (tertiary/aromatic N) is 1. The summed E-state index contributed by atoms with van der Waals surface area (Å²) in [5.74, 6) is -0.562. The zero-order valence-corrected chi connectivity index (χ0v) is 18.7. The maximum Gasteiger partial charge on any atom is 0.247 e. The monoisotopic (exact) mass is 487 g/mol. The molecule has 0 aliphatic carbocycles. The Morgan fingerprint density at radius 1 is 1.13 bits per heavy atom. The van der Waals surface area contributed by atoms with Crippen LogP contribution in [0.3, 0.4) is 0 Å². The van der Waals surface area contributed by atoms with Gasteiger partial charge >= 0.3 is 0 Å². The number of halogens is 1. The van der Waals surface area contributed by atoms with Crippen LogP contribution in [0.25, 0.3) is 0 Å². The number of hydrogen-bond acceptors (Lipinski definition) is 4. The average molecular weight is 488 g/mol. The van der Waals surface area contributed by atoms with Crippen molar-refractivity contribution < 1.29 is 14.4 Å². The third-order valence-corrected chi connectivity index (χ3v) is 7.14. The van der Waals surface area contributed by atoms with E-state index in [0.29, 0.717) is 32.5 Å². The summed E-state index contributed by atoms with van der Waals surface area (Å²) in [5.41, 5.74) is 1.78. The van der Waals surface area contributed by atoms with Crippen molar-refractivity contribution in [1.29, 1.82) is 0 Å². The van der Waals surface area contributed by atoms with Crippen molar-refractivity contribution in [3.05, 3.63) is 58.6 Å². The smallest absolute Gasteiger partial charge is 0.247 e. The number of fused-ring (bicyclic) bond motifs is 1. The Balaban J connectivity index is 1.29. The number of rotatable bonds is 4. The van der Waals surface area contributed by atoms with Gasteiger partial charge in [-0.2, -0.15) is 0 Å². The summed E-state index contributed by atoms with van der Waals surface area (Å²) in [6.07, 6.45) is 1.21. The second kappa shape index (κ2) is 9.22. The molecule has 2 N–H and O–H groups in total. The Bertz CT molecular complexity index is 976. The zero-order chi connectivity index (χ0) is 21.1. The minimum absolute atomic E-state index is 0.0146. The number of para-hydroxylation sites is 1. The van der Waals surface area contributed by atoms with Crippen LogP contribution in [-0.2, 0) is 20.9 Å². The van der Waals surface area contributed by atoms with E-state index in [9.17, 15) is 14.4 Å². The first-order valence-electron chi connectivity index (χ1n) is 9.89. The lowest BCUT2D eigenvalue weighted by molar-refractivity contribution is -0.137. The molecule has 0 spiro atoms. The largest absolute Gasteiger partial charge is 0.352 e. The molecule has 0 radical (unpaired) electrons. The van der Waals surface area contributed by atoms with Crippen molar-refractivity contribution in [2.45, 2.75) is 29.5 Å². The molecule has 3 amide bonds. The summed E-state index contributed by atoms with van der Waals surface area (Å²) in [6.45, 7) is 1.45. The molecule has 1 unspecified atom stereocenters. The van der Waals surface area contributed by atoms with E-state index in [0.717, 1.165) is 20.6 Å². The fraction of sp³-hybridized carbons (Fsp3) is 0.318. The molecule has 2 aromatic carbocycles. The molecule has 1 atom stereocenters. The van der Waals surface area contributed by atoms with E-state index < -0.39 is 5.25 Å². The average Bonchev–Trinajstić information content (AvgIpc) is 2.76. The first kappa shape index (κ1) is 20.9. The Morgan fingerprint density at radius 2 is 1.90 bits per heavy atom. The number of benzene rings is 2. The van der Waals surface area contributed by atoms with Gasteiger partial charge in [0.15, 0.2) is 5.25 Å². The maximum absolute atomic E-state index is 12.9. The van der Waals surface area contributed by atoms with Gasteiger partial charge in [0.05, 0.1) is 5.69 Å². The van der Waals surface area contributed by atoms with Gasteiger partial charge in [-0.1, -0.05) is 40.2 Å². The maximum atomic E-state index is 12.9. The van der Waals surface area contributed by atoms with Crippen molar-refractivity contribution >= 4 is 51.1 Å². The molecule has 0 saturated carbocycles. The molecule has 4 rings (SSSR count). The van der Waals surface area contributed by atoms with E-state index in [1.807, 2.05) is 48.5 Å². The number of nitrogens with one attached hydrogen (secondary N) is 2. The lowest BCUT2D eigenvalue weighted by Crippen LogP contribution is -2.49. The van der Waals surface area contributed by atoms with Gasteiger partial charge in [-0.15, -0.1) is 11.8 Å². The summed E-state index contributed by atoms with van der Waals surface area (Å²) in [6, 6.07) is 15.3. The highest BCUT2D eigenvalue weighted by atomic mass is 79.9. The highest BCUT2D eigenvalue weighted by molar-refractivity contribution is 9.10. The molecule has 6 nitrogen and oxygen atoms in total. The second-order valence-electron chi connectivity index (χ2n) is 7.43. The molecule has 8 heteroatoms. The van der Waals surface area contributed by atoms with Crippen molar-refractivity contribution in [1.82, 2.24) is 10.2 Å². The fourth-order valence-electron chi connectivity index (χ4n) is 3.72. The summed E-state index contributed by atoms with van der Waals surface area (Å²) in [5, 5.41) is 5.03. The summed E-state index contributed by atoms with van der Waals surface area (Å²) >= 11 is 4.73. The molecular formula is C22H22BrN3O3S. The lowest BCUT2D eigenvalue weighted by Gasteiger charge is -2.34. The second-order valence-corrected chi connectivity index (χ2v) is 9.49. The minimum Gasteiger partial charge on any atom is -0.352 e. The Kier molecular flexibility index (Phi) is 6.43. The number of amides is 3. The first-order valence-corrected chi connectivity index (χ1v) is 11.6. The summed E-state index contributed by atoms with van der Waals surface area (Å²) in [4.78, 5) is 40.5. The van der Waals surface area contributed by atoms with Crippen LogP contribution >= 0.6 is 27.7 Å². The van der Waals surface area contributed by atoms with E-state index >= 15 is 0 Å². The molecule has 2 aliphatic rings. The molecule has 0 aromatic heterocycles. The predicted octanol–water partition coefficient (Wildman–Crippen LogP) is 3.42. The minimum atomic E-state index is -0.776. The Hall–Kier alpha value is -2.32. The van der Waals surface area contributed by atoms with Crippen LogP contribution in [-0.4, -0.2) is 41.0 Å². The van der Waals surface area contributed by atoms with Crippen molar-refractivity contribution in [2.75, 3.05) is 18.4 Å². The lowest BCUT2D eigenvalue weighted by atomic mass is 9.95. The zero-order valence-electron chi connectivity index (χ0n) is 16.3. The van der Waals surface area contributed by atoms with Crippen LogP contribution in [0.5, 0.6) is 0 Å². The molecular weight excluding hydrogens is 466 g/mol. The van der Waals surface area contributed by atoms with Crippen LogP contribution in [0.15, 0.2) is 57.9 Å². The Labute approximate surface area is 187 Å². The van der Waals surface area contributed by atoms with Gasteiger partial charge in [-0.05, 0) is 42.7 Å². The van der Waals surface area contributed by atoms with Gasteiger partial charge in [0.2, 0.25) is 17.7 Å². The van der Waals surface area contributed by atoms with Crippen LogP contribution in [0.1, 0.15) is 18.4 Å². The molecule has 156 valence electrons. The molecule has 30 heavy (non-hydrogen) atoms. The summed E-state index contributed by atoms with van der Waals surface area (Å²) < 4.78 is 0.980. The van der Waals surface area contributed by atoms with Crippen LogP contribution in [0.4, 0.5) is 5.69 Å². The number of piperidine rings is 1. The van der Waals surface area contributed by atoms with Crippen molar-refractivity contribution in [2.24, 2.45) is 5.92 Å². The SMILES string of the molecule is O=C(NCc1cccc(Br)c1)C1CCN(C(=O)C2Sc3ccccc3NC2=O)CC1. The molecule has 0 bridgehead atoms. The highest BCUT2D eigenvalue weighted by Crippen LogP contribution is 2.36. The topological polar surface area (TPSA) is 78.5 Å². The van der Waals surface area contributed by atoms with E-state index in [4.69, 9.17) is 0 Å². The highest BCUT2D eigenvalue weighted by Gasteiger charge is 2.37. The molecule has 2 aliphatic heterocycles. The molecule has 1 saturated heterocycles. The predicted molar refractivity (Wildman–Crippen MR) is 120 cm³/mol. The van der Waals surface area contributed by atoms with Gasteiger partial charge < -0.3 is 15.5 Å². The van der Waals surface area contributed by atoms with Gasteiger partial charge in [0.25, 0.3) is 0 Å². The number of carbonyl (C=O) groups is 3. The number of likely N-dealkylation sites (tertiary alicyclic amines) is 1. The number of hydrogen-bond donors (Lipinski definition) is 2.